The summed E-state index contributed by atoms with van der Waals surface area (Å²) in [4.78, 5) is 12.8. The van der Waals surface area contributed by atoms with Crippen LogP contribution in [0.1, 0.15) is 24.8 Å². The topological polar surface area (TPSA) is 70.2 Å². The Hall–Kier alpha value is -1.80. The van der Waals surface area contributed by atoms with Gasteiger partial charge >= 0.3 is 0 Å². The van der Waals surface area contributed by atoms with Crippen LogP contribution in [0.2, 0.25) is 0 Å². The van der Waals surface area contributed by atoms with Crippen LogP contribution in [0, 0.1) is 21.4 Å². The Balaban J connectivity index is 2.35. The number of halogens is 1. The van der Waals surface area contributed by atoms with Crippen molar-refractivity contribution in [3.8, 4) is 6.07 Å². The fourth-order valence-electron chi connectivity index (χ4n) is 2.10. The van der Waals surface area contributed by atoms with Crippen molar-refractivity contribution in [2.45, 2.75) is 31.2 Å². The lowest BCUT2D eigenvalue weighted by Crippen LogP contribution is -2.27. The lowest BCUT2D eigenvalue weighted by Gasteiger charge is -2.23. The highest BCUT2D eigenvalue weighted by Crippen LogP contribution is 2.37. The molecule has 0 radical (unpaired) electrons. The van der Waals surface area contributed by atoms with Crippen molar-refractivity contribution in [1.29, 1.82) is 5.26 Å². The van der Waals surface area contributed by atoms with E-state index >= 15 is 0 Å². The van der Waals surface area contributed by atoms with Crippen LogP contribution in [0.15, 0.2) is 18.2 Å². The third-order valence-corrected chi connectivity index (χ3v) is 3.46. The number of rotatable bonds is 6. The molecule has 100 valence electrons. The highest BCUT2D eigenvalue weighted by atomic mass is 35.5. The standard InChI is InChI=1S/C13H14ClN3O2/c14-9-10-2-5-12(13(8-10)17(18)19)16(7-1-6-15)11-3-4-11/h2,5,8,11H,1,3-4,7,9H2. The number of hydrogen-bond acceptors (Lipinski definition) is 4. The van der Waals surface area contributed by atoms with E-state index in [0.717, 1.165) is 18.4 Å². The van der Waals surface area contributed by atoms with Gasteiger partial charge in [0.15, 0.2) is 0 Å². The zero-order chi connectivity index (χ0) is 13.8. The predicted octanol–water partition coefficient (Wildman–Crippen LogP) is 3.22. The lowest BCUT2D eigenvalue weighted by atomic mass is 10.1. The van der Waals surface area contributed by atoms with Crippen molar-refractivity contribution >= 4 is 23.0 Å². The molecule has 1 aromatic carbocycles. The normalized spacial score (nSPS) is 13.9. The molecule has 0 spiro atoms. The van der Waals surface area contributed by atoms with Crippen LogP contribution in [0.25, 0.3) is 0 Å². The minimum absolute atomic E-state index is 0.0722. The van der Waals surface area contributed by atoms with Gasteiger partial charge in [0.1, 0.15) is 5.69 Å². The van der Waals surface area contributed by atoms with Gasteiger partial charge in [0, 0.05) is 24.5 Å². The first kappa shape index (κ1) is 13.6. The second-order valence-electron chi connectivity index (χ2n) is 4.55. The second kappa shape index (κ2) is 5.89. The summed E-state index contributed by atoms with van der Waals surface area (Å²) >= 11 is 5.71. The first-order chi connectivity index (χ1) is 9.17. The molecule has 0 unspecified atom stereocenters. The SMILES string of the molecule is N#CCCN(c1ccc(CCl)cc1[N+](=O)[O-])C1CC1. The number of anilines is 1. The lowest BCUT2D eigenvalue weighted by molar-refractivity contribution is -0.384. The van der Waals surface area contributed by atoms with Crippen LogP contribution in [-0.2, 0) is 5.88 Å². The van der Waals surface area contributed by atoms with E-state index in [1.807, 2.05) is 4.90 Å². The number of nitriles is 1. The average Bonchev–Trinajstić information content (AvgIpc) is 3.23. The van der Waals surface area contributed by atoms with E-state index in [1.165, 1.54) is 6.07 Å². The van der Waals surface area contributed by atoms with Crippen LogP contribution >= 0.6 is 11.6 Å². The zero-order valence-corrected chi connectivity index (χ0v) is 11.1. The molecule has 19 heavy (non-hydrogen) atoms. The number of nitro benzene ring substituents is 1. The molecular formula is C13H14ClN3O2. The fraction of sp³-hybridized carbons (Fsp3) is 0.462. The van der Waals surface area contributed by atoms with Gasteiger partial charge in [0.05, 0.1) is 17.4 Å². The molecule has 0 aliphatic heterocycles. The first-order valence-electron chi connectivity index (χ1n) is 6.14. The summed E-state index contributed by atoms with van der Waals surface area (Å²) in [5.74, 6) is 0.253. The third-order valence-electron chi connectivity index (χ3n) is 3.15. The Labute approximate surface area is 116 Å². The van der Waals surface area contributed by atoms with Gasteiger partial charge < -0.3 is 4.90 Å². The molecule has 0 aromatic heterocycles. The van der Waals surface area contributed by atoms with Gasteiger partial charge in [0.2, 0.25) is 0 Å². The number of nitro groups is 1. The van der Waals surface area contributed by atoms with Crippen molar-refractivity contribution in [2.75, 3.05) is 11.4 Å². The molecule has 6 heteroatoms. The highest BCUT2D eigenvalue weighted by molar-refractivity contribution is 6.17. The Kier molecular flexibility index (Phi) is 4.23. The van der Waals surface area contributed by atoms with Gasteiger partial charge in [-0.1, -0.05) is 6.07 Å². The summed E-state index contributed by atoms with van der Waals surface area (Å²) < 4.78 is 0. The molecule has 2 rings (SSSR count). The maximum Gasteiger partial charge on any atom is 0.292 e. The maximum absolute atomic E-state index is 11.2. The number of nitrogens with zero attached hydrogens (tertiary/aromatic N) is 3. The largest absolute Gasteiger partial charge is 0.362 e. The minimum Gasteiger partial charge on any atom is -0.362 e. The summed E-state index contributed by atoms with van der Waals surface area (Å²) in [6.07, 6.45) is 2.42. The highest BCUT2D eigenvalue weighted by Gasteiger charge is 2.32. The quantitative estimate of drug-likeness (QED) is 0.455. The van der Waals surface area contributed by atoms with Gasteiger partial charge in [-0.25, -0.2) is 0 Å². The van der Waals surface area contributed by atoms with Crippen molar-refractivity contribution in [2.24, 2.45) is 0 Å². The van der Waals surface area contributed by atoms with Crippen LogP contribution in [0.5, 0.6) is 0 Å². The van der Waals surface area contributed by atoms with E-state index in [2.05, 4.69) is 6.07 Å². The fourth-order valence-corrected chi connectivity index (χ4v) is 2.26. The average molecular weight is 280 g/mol. The molecule has 0 bridgehead atoms. The Bertz CT molecular complexity index is 523. The van der Waals surface area contributed by atoms with E-state index < -0.39 is 0 Å². The van der Waals surface area contributed by atoms with Crippen LogP contribution in [0.3, 0.4) is 0 Å². The molecule has 5 nitrogen and oxygen atoms in total. The molecule has 1 aliphatic rings. The smallest absolute Gasteiger partial charge is 0.292 e. The van der Waals surface area contributed by atoms with Crippen molar-refractivity contribution < 1.29 is 4.92 Å². The number of hydrogen-bond donors (Lipinski definition) is 0. The van der Waals surface area contributed by atoms with Crippen LogP contribution < -0.4 is 4.90 Å². The van der Waals surface area contributed by atoms with Crippen molar-refractivity contribution in [3.63, 3.8) is 0 Å². The summed E-state index contributed by atoms with van der Waals surface area (Å²) in [6, 6.07) is 7.48. The minimum atomic E-state index is -0.382. The summed E-state index contributed by atoms with van der Waals surface area (Å²) in [7, 11) is 0. The molecule has 1 aromatic rings. The van der Waals surface area contributed by atoms with E-state index in [9.17, 15) is 10.1 Å². The van der Waals surface area contributed by atoms with Crippen molar-refractivity contribution in [3.05, 3.63) is 33.9 Å². The molecule has 0 N–H and O–H groups in total. The van der Waals surface area contributed by atoms with Crippen LogP contribution in [-0.4, -0.2) is 17.5 Å². The molecule has 1 saturated carbocycles. The van der Waals surface area contributed by atoms with Crippen molar-refractivity contribution in [1.82, 2.24) is 0 Å². The van der Waals surface area contributed by atoms with Gasteiger partial charge in [-0.2, -0.15) is 5.26 Å². The summed E-state index contributed by atoms with van der Waals surface area (Å²) in [5.41, 5.74) is 1.40. The van der Waals surface area contributed by atoms with E-state index in [1.54, 1.807) is 12.1 Å². The molecule has 1 aliphatic carbocycles. The van der Waals surface area contributed by atoms with Gasteiger partial charge in [-0.3, -0.25) is 10.1 Å². The van der Waals surface area contributed by atoms with Gasteiger partial charge in [-0.15, -0.1) is 11.6 Å². The molecule has 0 saturated heterocycles. The number of alkyl halides is 1. The third kappa shape index (κ3) is 3.15. The predicted molar refractivity (Wildman–Crippen MR) is 73.3 cm³/mol. The van der Waals surface area contributed by atoms with E-state index in [0.29, 0.717) is 24.7 Å². The molecule has 0 amide bonds. The summed E-state index contributed by atoms with van der Waals surface area (Å²) in [5, 5.41) is 19.9. The maximum atomic E-state index is 11.2. The number of benzene rings is 1. The Morgan fingerprint density at radius 2 is 2.26 bits per heavy atom. The van der Waals surface area contributed by atoms with Crippen LogP contribution in [0.4, 0.5) is 11.4 Å². The second-order valence-corrected chi connectivity index (χ2v) is 4.81. The van der Waals surface area contributed by atoms with E-state index in [4.69, 9.17) is 16.9 Å². The molecule has 0 atom stereocenters. The Morgan fingerprint density at radius 1 is 1.53 bits per heavy atom. The van der Waals surface area contributed by atoms with E-state index in [-0.39, 0.29) is 16.5 Å². The molecular weight excluding hydrogens is 266 g/mol. The zero-order valence-electron chi connectivity index (χ0n) is 10.4. The monoisotopic (exact) mass is 279 g/mol. The van der Waals surface area contributed by atoms with Gasteiger partial charge in [-0.05, 0) is 24.5 Å². The summed E-state index contributed by atoms with van der Waals surface area (Å²) in [6.45, 7) is 0.530. The first-order valence-corrected chi connectivity index (χ1v) is 6.67. The molecule has 1 fully saturated rings. The Morgan fingerprint density at radius 3 is 2.79 bits per heavy atom. The van der Waals surface area contributed by atoms with Gasteiger partial charge in [0.25, 0.3) is 5.69 Å². The molecule has 0 heterocycles.